The van der Waals surface area contributed by atoms with Gasteiger partial charge in [-0.25, -0.2) is 0 Å². The lowest BCUT2D eigenvalue weighted by molar-refractivity contribution is -0.116. The summed E-state index contributed by atoms with van der Waals surface area (Å²) in [7, 11) is 3.14. The monoisotopic (exact) mass is 568 g/mol. The molecule has 12 nitrogen and oxygen atoms in total. The van der Waals surface area contributed by atoms with Gasteiger partial charge in [-0.2, -0.15) is 10.2 Å². The van der Waals surface area contributed by atoms with Crippen molar-refractivity contribution < 1.29 is 19.1 Å². The Hall–Kier alpha value is -5.00. The van der Waals surface area contributed by atoms with Crippen LogP contribution in [0.5, 0.6) is 11.5 Å². The van der Waals surface area contributed by atoms with Crippen molar-refractivity contribution in [2.75, 3.05) is 24.9 Å². The van der Waals surface area contributed by atoms with Crippen molar-refractivity contribution in [2.24, 2.45) is 0 Å². The summed E-state index contributed by atoms with van der Waals surface area (Å²) in [6, 6.07) is 14.3. The number of aromatic nitrogens is 6. The van der Waals surface area contributed by atoms with E-state index in [9.17, 15) is 9.59 Å². The highest BCUT2D eigenvalue weighted by atomic mass is 16.5. The third-order valence-electron chi connectivity index (χ3n) is 7.15. The zero-order chi connectivity index (χ0) is 29.3. The van der Waals surface area contributed by atoms with Crippen LogP contribution in [0.1, 0.15) is 60.3 Å². The highest BCUT2D eigenvalue weighted by Crippen LogP contribution is 2.40. The van der Waals surface area contributed by atoms with Crippen LogP contribution in [0.4, 0.5) is 11.6 Å². The van der Waals surface area contributed by atoms with Crippen LogP contribution in [0.15, 0.2) is 60.9 Å². The van der Waals surface area contributed by atoms with E-state index in [2.05, 4.69) is 41.0 Å². The fraction of sp³-hybridized carbons (Fsp3) is 0.333. The number of ether oxygens (including phenoxy) is 2. The maximum atomic E-state index is 12.5. The number of rotatable bonds is 10. The molecule has 2 atom stereocenters. The molecule has 42 heavy (non-hydrogen) atoms. The molecule has 5 rings (SSSR count). The van der Waals surface area contributed by atoms with Crippen molar-refractivity contribution in [3.8, 4) is 11.5 Å². The fourth-order valence-corrected chi connectivity index (χ4v) is 5.04. The number of nitrogens with zero attached hydrogens (tertiary/aromatic N) is 6. The maximum absolute atomic E-state index is 12.5. The summed E-state index contributed by atoms with van der Waals surface area (Å²) in [5.74, 6) is 2.06. The van der Waals surface area contributed by atoms with Gasteiger partial charge in [0.15, 0.2) is 11.6 Å². The lowest BCUT2D eigenvalue weighted by Gasteiger charge is -2.28. The summed E-state index contributed by atoms with van der Waals surface area (Å²) in [6.45, 7) is 0. The third kappa shape index (κ3) is 7.59. The first kappa shape index (κ1) is 28.5. The molecule has 216 valence electrons. The molecule has 0 bridgehead atoms. The zero-order valence-corrected chi connectivity index (χ0v) is 23.5. The number of hydrogen-bond acceptors (Lipinski definition) is 10. The van der Waals surface area contributed by atoms with Crippen molar-refractivity contribution in [1.82, 2.24) is 30.4 Å². The molecule has 1 aliphatic rings. The molecule has 1 fully saturated rings. The zero-order valence-electron chi connectivity index (χ0n) is 23.5. The van der Waals surface area contributed by atoms with Crippen molar-refractivity contribution in [3.05, 3.63) is 83.7 Å². The van der Waals surface area contributed by atoms with Gasteiger partial charge in [0.05, 0.1) is 49.8 Å². The van der Waals surface area contributed by atoms with Crippen molar-refractivity contribution in [1.29, 1.82) is 0 Å². The van der Waals surface area contributed by atoms with E-state index < -0.39 is 0 Å². The molecule has 0 spiro atoms. The first-order valence-electron chi connectivity index (χ1n) is 13.7. The summed E-state index contributed by atoms with van der Waals surface area (Å²) in [6.07, 6.45) is 7.31. The fourth-order valence-electron chi connectivity index (χ4n) is 5.04. The van der Waals surface area contributed by atoms with Crippen LogP contribution in [0, 0.1) is 0 Å². The van der Waals surface area contributed by atoms with E-state index in [1.807, 2.05) is 12.1 Å². The number of hydrogen-bond donors (Lipinski definition) is 2. The normalized spacial score (nSPS) is 16.3. The molecular weight excluding hydrogens is 536 g/mol. The third-order valence-corrected chi connectivity index (χ3v) is 7.15. The first-order valence-corrected chi connectivity index (χ1v) is 13.7. The standard InChI is InChI=1S/C30H32N8O4/c1-41-23-10-12-31-21(15-23)17-29(39)33-27-8-6-25(35-37-27)19-4-3-5-20(14-19)26-7-9-28(38-36-26)34-30(40)18-22-16-24(42-2)11-13-32-22/h6-13,15-16,19-20H,3-5,14,17-18H2,1-2H3,(H,33,37,39)(H,34,38,40)/t19-,20-/m0/s1. The van der Waals surface area contributed by atoms with Crippen LogP contribution in [0.2, 0.25) is 0 Å². The minimum atomic E-state index is -0.231. The lowest BCUT2D eigenvalue weighted by atomic mass is 9.78. The molecule has 0 unspecified atom stereocenters. The van der Waals surface area contributed by atoms with Crippen molar-refractivity contribution in [3.63, 3.8) is 0 Å². The Morgan fingerprint density at radius 2 is 1.19 bits per heavy atom. The Balaban J connectivity index is 1.13. The van der Waals surface area contributed by atoms with Crippen LogP contribution in [-0.4, -0.2) is 56.4 Å². The van der Waals surface area contributed by atoms with E-state index in [1.54, 1.807) is 63.0 Å². The molecule has 0 aromatic carbocycles. The Kier molecular flexibility index (Phi) is 9.22. The summed E-state index contributed by atoms with van der Waals surface area (Å²) in [5.41, 5.74) is 2.98. The number of methoxy groups -OCH3 is 2. The summed E-state index contributed by atoms with van der Waals surface area (Å²) < 4.78 is 10.4. The quantitative estimate of drug-likeness (QED) is 0.288. The number of carbonyl (C=O) groups excluding carboxylic acids is 2. The minimum absolute atomic E-state index is 0.105. The number of carbonyl (C=O) groups is 2. The van der Waals surface area contributed by atoms with Gasteiger partial charge in [-0.15, -0.1) is 10.2 Å². The average Bonchev–Trinajstić information content (AvgIpc) is 3.02. The Labute approximate surface area is 243 Å². The molecule has 4 aromatic rings. The molecule has 0 aliphatic heterocycles. The molecule has 2 amide bonds. The van der Waals surface area contributed by atoms with Crippen LogP contribution < -0.4 is 20.1 Å². The largest absolute Gasteiger partial charge is 0.497 e. The number of pyridine rings is 2. The number of nitrogens with one attached hydrogen (secondary N) is 2. The van der Waals surface area contributed by atoms with Crippen LogP contribution in [0.3, 0.4) is 0 Å². The summed E-state index contributed by atoms with van der Waals surface area (Å²) in [4.78, 5) is 33.3. The maximum Gasteiger partial charge on any atom is 0.231 e. The highest BCUT2D eigenvalue weighted by Gasteiger charge is 2.27. The van der Waals surface area contributed by atoms with E-state index in [0.717, 1.165) is 37.1 Å². The summed E-state index contributed by atoms with van der Waals surface area (Å²) in [5, 5.41) is 22.9. The van der Waals surface area contributed by atoms with Crippen LogP contribution in [0.25, 0.3) is 0 Å². The first-order chi connectivity index (χ1) is 20.5. The molecule has 1 aliphatic carbocycles. The Bertz CT molecular complexity index is 1400. The average molecular weight is 569 g/mol. The SMILES string of the molecule is COc1ccnc(CC(=O)Nc2ccc([C@H]3CCC[C@H](c4ccc(NC(=O)Cc5cc(OC)ccn5)nn4)C3)nn2)c1. The second-order valence-corrected chi connectivity index (χ2v) is 10.1. The molecule has 1 saturated carbocycles. The number of anilines is 2. The van der Waals surface area contributed by atoms with Gasteiger partial charge in [0, 0.05) is 36.4 Å². The second-order valence-electron chi connectivity index (χ2n) is 10.1. The molecule has 0 saturated heterocycles. The highest BCUT2D eigenvalue weighted by molar-refractivity contribution is 5.91. The molecular formula is C30H32N8O4. The Morgan fingerprint density at radius 3 is 1.60 bits per heavy atom. The second kappa shape index (κ2) is 13.6. The van der Waals surface area contributed by atoms with Gasteiger partial charge < -0.3 is 20.1 Å². The van der Waals surface area contributed by atoms with Crippen LogP contribution >= 0.6 is 0 Å². The van der Waals surface area contributed by atoms with Gasteiger partial charge in [0.1, 0.15) is 11.5 Å². The summed E-state index contributed by atoms with van der Waals surface area (Å²) >= 11 is 0. The number of amides is 2. The predicted octanol–water partition coefficient (Wildman–Crippen LogP) is 3.88. The molecule has 4 heterocycles. The Morgan fingerprint density at radius 1 is 0.714 bits per heavy atom. The van der Waals surface area contributed by atoms with Gasteiger partial charge in [0.2, 0.25) is 11.8 Å². The predicted molar refractivity (Wildman–Crippen MR) is 154 cm³/mol. The van der Waals surface area contributed by atoms with E-state index in [4.69, 9.17) is 9.47 Å². The molecule has 0 radical (unpaired) electrons. The van der Waals surface area contributed by atoms with E-state index in [1.165, 1.54) is 0 Å². The van der Waals surface area contributed by atoms with E-state index >= 15 is 0 Å². The van der Waals surface area contributed by atoms with Crippen molar-refractivity contribution in [2.45, 2.75) is 50.4 Å². The minimum Gasteiger partial charge on any atom is -0.497 e. The van der Waals surface area contributed by atoms with Gasteiger partial charge in [-0.05, 0) is 55.7 Å². The lowest BCUT2D eigenvalue weighted by Crippen LogP contribution is -2.19. The topological polar surface area (TPSA) is 154 Å². The van der Waals surface area contributed by atoms with Crippen molar-refractivity contribution >= 4 is 23.5 Å². The van der Waals surface area contributed by atoms with Gasteiger partial charge in [0.25, 0.3) is 0 Å². The van der Waals surface area contributed by atoms with E-state index in [-0.39, 0.29) is 36.5 Å². The molecule has 4 aromatic heterocycles. The smallest absolute Gasteiger partial charge is 0.231 e. The van der Waals surface area contributed by atoms with Gasteiger partial charge in [-0.1, -0.05) is 6.42 Å². The van der Waals surface area contributed by atoms with E-state index in [0.29, 0.717) is 34.5 Å². The molecule has 2 N–H and O–H groups in total. The van der Waals surface area contributed by atoms with Gasteiger partial charge >= 0.3 is 0 Å². The van der Waals surface area contributed by atoms with Crippen LogP contribution in [-0.2, 0) is 22.4 Å². The van der Waals surface area contributed by atoms with Gasteiger partial charge in [-0.3, -0.25) is 19.6 Å². The molecule has 12 heteroatoms.